The van der Waals surface area contributed by atoms with Crippen LogP contribution in [0.4, 0.5) is 4.39 Å². The van der Waals surface area contributed by atoms with Crippen molar-refractivity contribution in [3.05, 3.63) is 77.4 Å². The van der Waals surface area contributed by atoms with Crippen LogP contribution in [0, 0.1) is 5.82 Å². The lowest BCUT2D eigenvalue weighted by molar-refractivity contribution is 0.396. The summed E-state index contributed by atoms with van der Waals surface area (Å²) in [4.78, 5) is 0. The molecule has 3 rings (SSSR count). The van der Waals surface area contributed by atoms with Crippen LogP contribution in [0.25, 0.3) is 0 Å². The third kappa shape index (κ3) is 4.03. The van der Waals surface area contributed by atoms with Gasteiger partial charge in [-0.05, 0) is 42.0 Å². The van der Waals surface area contributed by atoms with Gasteiger partial charge in [0.15, 0.2) is 0 Å². The predicted octanol–water partition coefficient (Wildman–Crippen LogP) is 3.46. The molecule has 1 heterocycles. The first-order valence-corrected chi connectivity index (χ1v) is 8.30. The third-order valence-corrected chi connectivity index (χ3v) is 4.22. The highest BCUT2D eigenvalue weighted by Gasteiger charge is 2.17. The summed E-state index contributed by atoms with van der Waals surface area (Å²) in [5.41, 5.74) is 2.77. The molecule has 0 amide bonds. The number of halogens is 1. The van der Waals surface area contributed by atoms with Crippen LogP contribution in [0.3, 0.4) is 0 Å². The van der Waals surface area contributed by atoms with E-state index in [9.17, 15) is 4.39 Å². The van der Waals surface area contributed by atoms with E-state index in [4.69, 9.17) is 9.47 Å². The highest BCUT2D eigenvalue weighted by molar-refractivity contribution is 5.40. The lowest BCUT2D eigenvalue weighted by atomic mass is 10.0. The summed E-state index contributed by atoms with van der Waals surface area (Å²) in [6.07, 6.45) is 1.89. The molecule has 0 aliphatic carbocycles. The summed E-state index contributed by atoms with van der Waals surface area (Å²) >= 11 is 0. The van der Waals surface area contributed by atoms with Crippen LogP contribution < -0.4 is 14.8 Å². The Morgan fingerprint density at radius 2 is 1.85 bits per heavy atom. The number of rotatable bonds is 7. The van der Waals surface area contributed by atoms with Crippen molar-refractivity contribution in [3.63, 3.8) is 0 Å². The van der Waals surface area contributed by atoms with Crippen LogP contribution in [-0.2, 0) is 13.6 Å². The summed E-state index contributed by atoms with van der Waals surface area (Å²) in [6, 6.07) is 13.9. The molecule has 6 heteroatoms. The summed E-state index contributed by atoms with van der Waals surface area (Å²) in [6.45, 7) is 0.541. The third-order valence-electron chi connectivity index (χ3n) is 4.22. The topological polar surface area (TPSA) is 48.3 Å². The summed E-state index contributed by atoms with van der Waals surface area (Å²) in [7, 11) is 5.14. The molecule has 0 fully saturated rings. The van der Waals surface area contributed by atoms with Crippen LogP contribution in [-0.4, -0.2) is 24.0 Å². The van der Waals surface area contributed by atoms with E-state index in [0.717, 1.165) is 28.3 Å². The van der Waals surface area contributed by atoms with Crippen molar-refractivity contribution in [1.29, 1.82) is 0 Å². The monoisotopic (exact) mass is 355 g/mol. The van der Waals surface area contributed by atoms with E-state index in [1.54, 1.807) is 31.0 Å². The zero-order valence-corrected chi connectivity index (χ0v) is 15.1. The summed E-state index contributed by atoms with van der Waals surface area (Å²) < 4.78 is 25.8. The van der Waals surface area contributed by atoms with Crippen molar-refractivity contribution in [2.45, 2.75) is 12.6 Å². The van der Waals surface area contributed by atoms with Crippen LogP contribution >= 0.6 is 0 Å². The molecule has 0 aliphatic heterocycles. The molecule has 0 spiro atoms. The van der Waals surface area contributed by atoms with Gasteiger partial charge in [0.25, 0.3) is 0 Å². The zero-order valence-electron chi connectivity index (χ0n) is 15.1. The molecular formula is C20H22FN3O2. The Labute approximate surface area is 152 Å². The predicted molar refractivity (Wildman–Crippen MR) is 97.8 cm³/mol. The molecule has 2 aromatic carbocycles. The second-order valence-electron chi connectivity index (χ2n) is 5.96. The van der Waals surface area contributed by atoms with E-state index in [2.05, 4.69) is 10.4 Å². The fraction of sp³-hybridized carbons (Fsp3) is 0.250. The maximum absolute atomic E-state index is 13.3. The number of benzene rings is 2. The van der Waals surface area contributed by atoms with Gasteiger partial charge in [0.05, 0.1) is 26.0 Å². The van der Waals surface area contributed by atoms with Crippen LogP contribution in [0.5, 0.6) is 11.5 Å². The number of hydrogen-bond donors (Lipinski definition) is 1. The van der Waals surface area contributed by atoms with Gasteiger partial charge in [0.2, 0.25) is 0 Å². The SMILES string of the molecule is COc1ccc(OC)c(CN[C@H](c2ccc(F)cc2)c2ccn(C)n2)c1. The Morgan fingerprint density at radius 3 is 2.46 bits per heavy atom. The average Bonchev–Trinajstić information content (AvgIpc) is 3.09. The molecule has 1 aromatic heterocycles. The molecule has 5 nitrogen and oxygen atoms in total. The number of aromatic nitrogens is 2. The van der Waals surface area contributed by atoms with Gasteiger partial charge >= 0.3 is 0 Å². The number of nitrogens with zero attached hydrogens (tertiary/aromatic N) is 2. The van der Waals surface area contributed by atoms with Crippen molar-refractivity contribution in [1.82, 2.24) is 15.1 Å². The lowest BCUT2D eigenvalue weighted by Gasteiger charge is -2.19. The molecule has 0 bridgehead atoms. The Balaban J connectivity index is 1.88. The van der Waals surface area contributed by atoms with Gasteiger partial charge in [0.1, 0.15) is 17.3 Å². The van der Waals surface area contributed by atoms with E-state index in [1.807, 2.05) is 37.5 Å². The van der Waals surface area contributed by atoms with Crippen molar-refractivity contribution >= 4 is 0 Å². The second-order valence-corrected chi connectivity index (χ2v) is 5.96. The smallest absolute Gasteiger partial charge is 0.123 e. The van der Waals surface area contributed by atoms with Gasteiger partial charge in [-0.2, -0.15) is 5.10 Å². The first kappa shape index (κ1) is 17.9. The maximum atomic E-state index is 13.3. The normalized spacial score (nSPS) is 12.0. The highest BCUT2D eigenvalue weighted by atomic mass is 19.1. The van der Waals surface area contributed by atoms with Crippen LogP contribution in [0.1, 0.15) is 22.9 Å². The maximum Gasteiger partial charge on any atom is 0.123 e. The van der Waals surface area contributed by atoms with Gasteiger partial charge in [-0.3, -0.25) is 4.68 Å². The molecule has 0 unspecified atom stereocenters. The Hall–Kier alpha value is -2.86. The number of ether oxygens (including phenoxy) is 2. The molecule has 136 valence electrons. The van der Waals surface area contributed by atoms with E-state index < -0.39 is 0 Å². The minimum atomic E-state index is -0.261. The minimum absolute atomic E-state index is 0.173. The molecule has 0 aliphatic rings. The average molecular weight is 355 g/mol. The number of aryl methyl sites for hydroxylation is 1. The minimum Gasteiger partial charge on any atom is -0.497 e. The van der Waals surface area contributed by atoms with E-state index in [0.29, 0.717) is 6.54 Å². The first-order chi connectivity index (χ1) is 12.6. The zero-order chi connectivity index (χ0) is 18.5. The summed E-state index contributed by atoms with van der Waals surface area (Å²) in [5, 5.41) is 8.00. The van der Waals surface area contributed by atoms with Gasteiger partial charge < -0.3 is 14.8 Å². The van der Waals surface area contributed by atoms with E-state index in [1.165, 1.54) is 12.1 Å². The number of nitrogens with one attached hydrogen (secondary N) is 1. The molecule has 1 atom stereocenters. The standard InChI is InChI=1S/C20H22FN3O2/c1-24-11-10-18(23-24)20(14-4-6-16(21)7-5-14)22-13-15-12-17(25-2)8-9-19(15)26-3/h4-12,20,22H,13H2,1-3H3/t20-/m1/s1. The molecule has 0 saturated carbocycles. The first-order valence-electron chi connectivity index (χ1n) is 8.30. The number of hydrogen-bond acceptors (Lipinski definition) is 4. The van der Waals surface area contributed by atoms with Gasteiger partial charge in [-0.15, -0.1) is 0 Å². The van der Waals surface area contributed by atoms with Gasteiger partial charge in [-0.1, -0.05) is 12.1 Å². The molecular weight excluding hydrogens is 333 g/mol. The Bertz CT molecular complexity index is 862. The fourth-order valence-corrected chi connectivity index (χ4v) is 2.87. The lowest BCUT2D eigenvalue weighted by Crippen LogP contribution is -2.23. The summed E-state index contributed by atoms with van der Waals surface area (Å²) in [5.74, 6) is 1.28. The molecule has 1 N–H and O–H groups in total. The van der Waals surface area contributed by atoms with Crippen LogP contribution in [0.15, 0.2) is 54.7 Å². The molecule has 3 aromatic rings. The van der Waals surface area contributed by atoms with E-state index in [-0.39, 0.29) is 11.9 Å². The van der Waals surface area contributed by atoms with Gasteiger partial charge in [0, 0.05) is 25.4 Å². The second kappa shape index (κ2) is 8.01. The fourth-order valence-electron chi connectivity index (χ4n) is 2.87. The van der Waals surface area contributed by atoms with Crippen molar-refractivity contribution in [2.75, 3.05) is 14.2 Å². The highest BCUT2D eigenvalue weighted by Crippen LogP contribution is 2.26. The number of methoxy groups -OCH3 is 2. The molecule has 26 heavy (non-hydrogen) atoms. The molecule has 0 saturated heterocycles. The molecule has 0 radical (unpaired) electrons. The van der Waals surface area contributed by atoms with E-state index >= 15 is 0 Å². The van der Waals surface area contributed by atoms with Gasteiger partial charge in [-0.25, -0.2) is 4.39 Å². The Kier molecular flexibility index (Phi) is 5.53. The Morgan fingerprint density at radius 1 is 1.08 bits per heavy atom. The van der Waals surface area contributed by atoms with Crippen LogP contribution in [0.2, 0.25) is 0 Å². The van der Waals surface area contributed by atoms with Crippen molar-refractivity contribution in [3.8, 4) is 11.5 Å². The largest absolute Gasteiger partial charge is 0.497 e. The quantitative estimate of drug-likeness (QED) is 0.705. The van der Waals surface area contributed by atoms with Crippen molar-refractivity contribution in [2.24, 2.45) is 7.05 Å². The van der Waals surface area contributed by atoms with Crippen molar-refractivity contribution < 1.29 is 13.9 Å².